The average molecular weight is 331 g/mol. The van der Waals surface area contributed by atoms with Gasteiger partial charge in [-0.15, -0.1) is 11.8 Å². The fraction of sp³-hybridized carbons (Fsp3) is 0.278. The summed E-state index contributed by atoms with van der Waals surface area (Å²) in [6.45, 7) is 0.469. The molecule has 3 rings (SSSR count). The molecule has 5 heteroatoms. The minimum absolute atomic E-state index is 0.162. The van der Waals surface area contributed by atoms with Gasteiger partial charge in [0.15, 0.2) is 0 Å². The second kappa shape index (κ2) is 6.72. The summed E-state index contributed by atoms with van der Waals surface area (Å²) in [5.41, 5.74) is 6.77. The first kappa shape index (κ1) is 16.0. The van der Waals surface area contributed by atoms with Crippen LogP contribution in [0.25, 0.3) is 0 Å². The molecule has 1 amide bonds. The van der Waals surface area contributed by atoms with E-state index in [1.807, 2.05) is 30.3 Å². The third-order valence-electron chi connectivity index (χ3n) is 4.09. The molecule has 1 saturated heterocycles. The van der Waals surface area contributed by atoms with Crippen molar-refractivity contribution >= 4 is 17.7 Å². The maximum atomic E-state index is 13.1. The Kier molecular flexibility index (Phi) is 4.68. The lowest BCUT2D eigenvalue weighted by atomic mass is 9.90. The number of benzene rings is 2. The molecule has 1 fully saturated rings. The van der Waals surface area contributed by atoms with Crippen molar-refractivity contribution in [1.29, 1.82) is 0 Å². The van der Waals surface area contributed by atoms with Crippen LogP contribution in [0.3, 0.4) is 0 Å². The number of hydrogen-bond acceptors (Lipinski definition) is 3. The van der Waals surface area contributed by atoms with Crippen LogP contribution in [0, 0.1) is 5.82 Å². The summed E-state index contributed by atoms with van der Waals surface area (Å²) in [7, 11) is 0. The standard InChI is InChI=1S/C18H18FNO2S/c19-14-6-8-15(9-7-14)23-18(17(20)21)10-11-22-16(12-18)13-4-2-1-3-5-13/h1-9,16H,10-12H2,(H2,20,21). The molecule has 0 radical (unpaired) electrons. The predicted molar refractivity (Wildman–Crippen MR) is 88.6 cm³/mol. The van der Waals surface area contributed by atoms with Gasteiger partial charge in [-0.2, -0.15) is 0 Å². The number of ether oxygens (including phenoxy) is 1. The van der Waals surface area contributed by atoms with Crippen molar-refractivity contribution in [1.82, 2.24) is 0 Å². The largest absolute Gasteiger partial charge is 0.373 e. The van der Waals surface area contributed by atoms with E-state index in [0.29, 0.717) is 19.4 Å². The molecular weight excluding hydrogens is 313 g/mol. The first-order chi connectivity index (χ1) is 11.1. The third-order valence-corrected chi connectivity index (χ3v) is 5.56. The monoisotopic (exact) mass is 331 g/mol. The van der Waals surface area contributed by atoms with Gasteiger partial charge in [-0.25, -0.2) is 4.39 Å². The summed E-state index contributed by atoms with van der Waals surface area (Å²) in [5, 5.41) is 0. The average Bonchev–Trinajstić information content (AvgIpc) is 2.58. The van der Waals surface area contributed by atoms with Crippen molar-refractivity contribution in [2.45, 2.75) is 28.6 Å². The van der Waals surface area contributed by atoms with E-state index in [1.54, 1.807) is 12.1 Å². The van der Waals surface area contributed by atoms with Crippen LogP contribution in [0.1, 0.15) is 24.5 Å². The number of amides is 1. The Morgan fingerprint density at radius 1 is 1.17 bits per heavy atom. The second-order valence-corrected chi connectivity index (χ2v) is 7.10. The maximum Gasteiger partial charge on any atom is 0.234 e. The Morgan fingerprint density at radius 2 is 1.87 bits per heavy atom. The van der Waals surface area contributed by atoms with E-state index in [9.17, 15) is 9.18 Å². The topological polar surface area (TPSA) is 52.3 Å². The molecular formula is C18H18FNO2S. The van der Waals surface area contributed by atoms with Crippen LogP contribution in [0.4, 0.5) is 4.39 Å². The molecule has 1 heterocycles. The van der Waals surface area contributed by atoms with Crippen LogP contribution < -0.4 is 5.73 Å². The molecule has 2 unspecified atom stereocenters. The summed E-state index contributed by atoms with van der Waals surface area (Å²) in [5.74, 6) is -0.646. The van der Waals surface area contributed by atoms with Crippen molar-refractivity contribution < 1.29 is 13.9 Å². The van der Waals surface area contributed by atoms with Gasteiger partial charge in [-0.05, 0) is 36.2 Å². The summed E-state index contributed by atoms with van der Waals surface area (Å²) in [6.07, 6.45) is 0.896. The van der Waals surface area contributed by atoms with Crippen molar-refractivity contribution in [2.24, 2.45) is 5.73 Å². The van der Waals surface area contributed by atoms with Crippen LogP contribution in [0.2, 0.25) is 0 Å². The maximum absolute atomic E-state index is 13.1. The molecule has 0 saturated carbocycles. The number of halogens is 1. The van der Waals surface area contributed by atoms with Crippen molar-refractivity contribution in [3.63, 3.8) is 0 Å². The predicted octanol–water partition coefficient (Wildman–Crippen LogP) is 3.69. The van der Waals surface area contributed by atoms with Gasteiger partial charge in [-0.1, -0.05) is 30.3 Å². The van der Waals surface area contributed by atoms with Gasteiger partial charge in [-0.3, -0.25) is 4.79 Å². The zero-order valence-corrected chi connectivity index (χ0v) is 13.4. The summed E-state index contributed by atoms with van der Waals surface area (Å²) in [4.78, 5) is 13.0. The fourth-order valence-electron chi connectivity index (χ4n) is 2.80. The Balaban J connectivity index is 1.85. The molecule has 120 valence electrons. The highest BCUT2D eigenvalue weighted by Gasteiger charge is 2.43. The number of rotatable bonds is 4. The first-order valence-corrected chi connectivity index (χ1v) is 8.32. The normalized spacial score (nSPS) is 24.3. The highest BCUT2D eigenvalue weighted by molar-refractivity contribution is 8.01. The van der Waals surface area contributed by atoms with Crippen LogP contribution in [0.15, 0.2) is 59.5 Å². The lowest BCUT2D eigenvalue weighted by Crippen LogP contribution is -2.46. The van der Waals surface area contributed by atoms with Gasteiger partial charge >= 0.3 is 0 Å². The molecule has 0 aromatic heterocycles. The number of hydrogen-bond donors (Lipinski definition) is 1. The molecule has 1 aliphatic rings. The molecule has 0 bridgehead atoms. The Labute approximate surface area is 139 Å². The van der Waals surface area contributed by atoms with Crippen LogP contribution >= 0.6 is 11.8 Å². The lowest BCUT2D eigenvalue weighted by Gasteiger charge is -2.38. The zero-order chi connectivity index (χ0) is 16.3. The molecule has 0 spiro atoms. The van der Waals surface area contributed by atoms with E-state index < -0.39 is 4.75 Å². The van der Waals surface area contributed by atoms with Gasteiger partial charge in [0.1, 0.15) is 10.6 Å². The number of thioether (sulfide) groups is 1. The summed E-state index contributed by atoms with van der Waals surface area (Å²) in [6, 6.07) is 16.0. The quantitative estimate of drug-likeness (QED) is 0.929. The van der Waals surface area contributed by atoms with E-state index in [-0.39, 0.29) is 17.8 Å². The van der Waals surface area contributed by atoms with E-state index >= 15 is 0 Å². The van der Waals surface area contributed by atoms with Crippen molar-refractivity contribution in [2.75, 3.05) is 6.61 Å². The van der Waals surface area contributed by atoms with Crippen molar-refractivity contribution in [3.05, 3.63) is 66.0 Å². The lowest BCUT2D eigenvalue weighted by molar-refractivity contribution is -0.124. The van der Waals surface area contributed by atoms with Gasteiger partial charge in [0.25, 0.3) is 0 Å². The molecule has 1 aliphatic heterocycles. The Morgan fingerprint density at radius 3 is 2.52 bits per heavy atom. The van der Waals surface area contributed by atoms with Crippen molar-refractivity contribution in [3.8, 4) is 0 Å². The molecule has 2 N–H and O–H groups in total. The number of carbonyl (C=O) groups is 1. The van der Waals surface area contributed by atoms with Gasteiger partial charge in [0.2, 0.25) is 5.91 Å². The van der Waals surface area contributed by atoms with Crippen LogP contribution in [-0.4, -0.2) is 17.3 Å². The first-order valence-electron chi connectivity index (χ1n) is 7.50. The molecule has 2 aromatic carbocycles. The van der Waals surface area contributed by atoms with Crippen LogP contribution in [-0.2, 0) is 9.53 Å². The molecule has 2 aromatic rings. The fourth-order valence-corrected chi connectivity index (χ4v) is 4.05. The smallest absolute Gasteiger partial charge is 0.234 e. The van der Waals surface area contributed by atoms with E-state index in [1.165, 1.54) is 23.9 Å². The zero-order valence-electron chi connectivity index (χ0n) is 12.6. The molecule has 3 nitrogen and oxygen atoms in total. The Hall–Kier alpha value is -1.85. The van der Waals surface area contributed by atoms with E-state index in [2.05, 4.69) is 0 Å². The highest BCUT2D eigenvalue weighted by atomic mass is 32.2. The molecule has 0 aliphatic carbocycles. The van der Waals surface area contributed by atoms with Gasteiger partial charge in [0.05, 0.1) is 6.10 Å². The number of nitrogens with two attached hydrogens (primary N) is 1. The number of primary amides is 1. The highest BCUT2D eigenvalue weighted by Crippen LogP contribution is 2.46. The Bertz CT molecular complexity index is 677. The second-order valence-electron chi connectivity index (χ2n) is 5.64. The SMILES string of the molecule is NC(=O)C1(Sc2ccc(F)cc2)CCOC(c2ccccc2)C1. The number of carbonyl (C=O) groups excluding carboxylic acids is 1. The van der Waals surface area contributed by atoms with Crippen LogP contribution in [0.5, 0.6) is 0 Å². The molecule has 23 heavy (non-hydrogen) atoms. The van der Waals surface area contributed by atoms with Gasteiger partial charge < -0.3 is 10.5 Å². The van der Waals surface area contributed by atoms with E-state index in [4.69, 9.17) is 10.5 Å². The summed E-state index contributed by atoms with van der Waals surface area (Å²) < 4.78 is 18.2. The van der Waals surface area contributed by atoms with Gasteiger partial charge in [0, 0.05) is 17.9 Å². The summed E-state index contributed by atoms with van der Waals surface area (Å²) >= 11 is 1.41. The third kappa shape index (κ3) is 3.57. The minimum Gasteiger partial charge on any atom is -0.373 e. The molecule has 2 atom stereocenters. The minimum atomic E-state index is -0.739. The van der Waals surface area contributed by atoms with E-state index in [0.717, 1.165) is 10.5 Å².